The molecule has 15 heavy (non-hydrogen) atoms. The maximum absolute atomic E-state index is 5.71. The van der Waals surface area contributed by atoms with E-state index in [-0.39, 0.29) is 0 Å². The van der Waals surface area contributed by atoms with Gasteiger partial charge in [0, 0.05) is 13.1 Å². The molecule has 0 bridgehead atoms. The lowest BCUT2D eigenvalue weighted by Gasteiger charge is -2.05. The van der Waals surface area contributed by atoms with Gasteiger partial charge in [-0.2, -0.15) is 0 Å². The number of amidine groups is 1. The molecular formula is C10H21N3S2. The first kappa shape index (κ1) is 14.7. The lowest BCUT2D eigenvalue weighted by Crippen LogP contribution is -2.23. The van der Waals surface area contributed by atoms with Crippen LogP contribution in [-0.4, -0.2) is 22.6 Å². The van der Waals surface area contributed by atoms with Crippen LogP contribution >= 0.6 is 24.0 Å². The maximum atomic E-state index is 5.71. The monoisotopic (exact) mass is 247 g/mol. The van der Waals surface area contributed by atoms with Crippen LogP contribution < -0.4 is 11.1 Å². The van der Waals surface area contributed by atoms with Crippen LogP contribution in [0.5, 0.6) is 0 Å². The number of hydrogen-bond donors (Lipinski definition) is 2. The van der Waals surface area contributed by atoms with Crippen LogP contribution in [0.3, 0.4) is 0 Å². The summed E-state index contributed by atoms with van der Waals surface area (Å²) in [6.07, 6.45) is 4.52. The molecule has 3 nitrogen and oxygen atoms in total. The van der Waals surface area contributed by atoms with Gasteiger partial charge < -0.3 is 11.1 Å². The van der Waals surface area contributed by atoms with Gasteiger partial charge in [-0.25, -0.2) is 0 Å². The van der Waals surface area contributed by atoms with Gasteiger partial charge in [0.1, 0.15) is 4.32 Å². The third kappa shape index (κ3) is 10.0. The fourth-order valence-electron chi connectivity index (χ4n) is 0.878. The second kappa shape index (κ2) is 10.2. The predicted molar refractivity (Wildman–Crippen MR) is 74.5 cm³/mol. The third-order valence-electron chi connectivity index (χ3n) is 1.78. The van der Waals surface area contributed by atoms with Gasteiger partial charge in [0.2, 0.25) is 0 Å². The summed E-state index contributed by atoms with van der Waals surface area (Å²) in [5, 5.41) is 3.71. The molecule has 88 valence electrons. The van der Waals surface area contributed by atoms with E-state index in [1.807, 2.05) is 0 Å². The highest BCUT2D eigenvalue weighted by Crippen LogP contribution is 2.02. The van der Waals surface area contributed by atoms with Gasteiger partial charge in [-0.1, -0.05) is 38.9 Å². The van der Waals surface area contributed by atoms with Crippen LogP contribution in [-0.2, 0) is 0 Å². The summed E-state index contributed by atoms with van der Waals surface area (Å²) in [5.41, 5.74) is 5.71. The minimum absolute atomic E-state index is 0.567. The van der Waals surface area contributed by atoms with Crippen LogP contribution in [0.4, 0.5) is 0 Å². The molecular weight excluding hydrogens is 226 g/mol. The molecule has 0 saturated heterocycles. The second-order valence-electron chi connectivity index (χ2n) is 3.24. The van der Waals surface area contributed by atoms with Crippen molar-refractivity contribution in [3.63, 3.8) is 0 Å². The van der Waals surface area contributed by atoms with E-state index in [4.69, 9.17) is 18.0 Å². The molecule has 0 atom stereocenters. The summed E-state index contributed by atoms with van der Waals surface area (Å²) in [4.78, 5) is 4.21. The van der Waals surface area contributed by atoms with Crippen molar-refractivity contribution in [3.05, 3.63) is 0 Å². The van der Waals surface area contributed by atoms with Gasteiger partial charge in [-0.05, 0) is 24.6 Å². The van der Waals surface area contributed by atoms with E-state index in [1.54, 1.807) is 0 Å². The average molecular weight is 247 g/mol. The van der Waals surface area contributed by atoms with Crippen LogP contribution in [0.2, 0.25) is 0 Å². The van der Waals surface area contributed by atoms with Crippen molar-refractivity contribution in [1.82, 2.24) is 5.32 Å². The molecule has 0 aliphatic rings. The molecule has 0 aromatic rings. The Bertz CT molecular complexity index is 205. The Morgan fingerprint density at radius 3 is 2.60 bits per heavy atom. The molecule has 0 rings (SSSR count). The number of rotatable bonds is 6. The summed E-state index contributed by atoms with van der Waals surface area (Å²) in [5.74, 6) is 0. The molecule has 0 heterocycles. The first-order chi connectivity index (χ1) is 7.20. The zero-order valence-electron chi connectivity index (χ0n) is 9.58. The summed E-state index contributed by atoms with van der Waals surface area (Å²) < 4.78 is 0.723. The van der Waals surface area contributed by atoms with Gasteiger partial charge in [0.15, 0.2) is 5.17 Å². The lowest BCUT2D eigenvalue weighted by atomic mass is 10.3. The van der Waals surface area contributed by atoms with Gasteiger partial charge in [0.05, 0.1) is 0 Å². The van der Waals surface area contributed by atoms with Crippen LogP contribution in [0.1, 0.15) is 39.5 Å². The van der Waals surface area contributed by atoms with Crippen LogP contribution in [0.15, 0.2) is 4.99 Å². The molecule has 0 amide bonds. The highest BCUT2D eigenvalue weighted by atomic mass is 32.2. The number of nitrogens with zero attached hydrogens (tertiary/aromatic N) is 1. The van der Waals surface area contributed by atoms with E-state index in [1.165, 1.54) is 18.2 Å². The smallest absolute Gasteiger partial charge is 0.161 e. The molecule has 0 aliphatic carbocycles. The van der Waals surface area contributed by atoms with E-state index in [0.29, 0.717) is 5.17 Å². The maximum Gasteiger partial charge on any atom is 0.161 e. The largest absolute Gasteiger partial charge is 0.378 e. The Morgan fingerprint density at radius 1 is 1.33 bits per heavy atom. The predicted octanol–water partition coefficient (Wildman–Crippen LogP) is 2.51. The summed E-state index contributed by atoms with van der Waals surface area (Å²) in [6, 6.07) is 0. The molecule has 0 fully saturated rings. The minimum Gasteiger partial charge on any atom is -0.378 e. The first-order valence-electron chi connectivity index (χ1n) is 5.46. The van der Waals surface area contributed by atoms with Crippen molar-refractivity contribution in [3.8, 4) is 0 Å². The number of hydrogen-bond acceptors (Lipinski definition) is 3. The van der Waals surface area contributed by atoms with Gasteiger partial charge in [-0.15, -0.1) is 0 Å². The number of nitrogens with one attached hydrogen (secondary N) is 1. The summed E-state index contributed by atoms with van der Waals surface area (Å²) in [7, 11) is 0. The quantitative estimate of drug-likeness (QED) is 0.328. The molecule has 0 spiro atoms. The van der Waals surface area contributed by atoms with Crippen LogP contribution in [0.25, 0.3) is 0 Å². The zero-order chi connectivity index (χ0) is 11.5. The van der Waals surface area contributed by atoms with Gasteiger partial charge >= 0.3 is 0 Å². The van der Waals surface area contributed by atoms with Crippen molar-refractivity contribution in [2.45, 2.75) is 39.5 Å². The first-order valence-corrected chi connectivity index (χ1v) is 6.68. The third-order valence-corrected chi connectivity index (χ3v) is 2.84. The Labute approximate surface area is 102 Å². The molecule has 3 N–H and O–H groups in total. The second-order valence-corrected chi connectivity index (χ2v) is 4.94. The van der Waals surface area contributed by atoms with E-state index in [9.17, 15) is 0 Å². The van der Waals surface area contributed by atoms with Crippen LogP contribution in [0, 0.1) is 0 Å². The molecule has 5 heteroatoms. The zero-order valence-corrected chi connectivity index (χ0v) is 11.2. The lowest BCUT2D eigenvalue weighted by molar-refractivity contribution is 0.763. The minimum atomic E-state index is 0.567. The van der Waals surface area contributed by atoms with E-state index >= 15 is 0 Å². The molecule has 0 unspecified atom stereocenters. The summed E-state index contributed by atoms with van der Waals surface area (Å²) >= 11 is 6.46. The number of thiocarbonyl (C=S) groups is 1. The fraction of sp³-hybridized carbons (Fsp3) is 0.800. The Hall–Kier alpha value is -0.290. The van der Waals surface area contributed by atoms with E-state index in [2.05, 4.69) is 24.2 Å². The number of thioether (sulfide) groups is 1. The number of unbranched alkanes of at least 4 members (excludes halogenated alkanes) is 2. The highest BCUT2D eigenvalue weighted by molar-refractivity contribution is 8.32. The highest BCUT2D eigenvalue weighted by Gasteiger charge is 1.99. The fourth-order valence-corrected chi connectivity index (χ4v) is 1.76. The average Bonchev–Trinajstić information content (AvgIpc) is 2.18. The molecule has 0 aromatic carbocycles. The SMILES string of the molecule is CCCCN=C(N)SC(=S)NCCCC. The number of aliphatic imine (C=N–C) groups is 1. The Balaban J connectivity index is 3.60. The van der Waals surface area contributed by atoms with Gasteiger partial charge in [0.25, 0.3) is 0 Å². The van der Waals surface area contributed by atoms with Gasteiger partial charge in [-0.3, -0.25) is 4.99 Å². The standard InChI is InChI=1S/C10H21N3S2/c1-3-5-7-12-9(11)15-10(14)13-8-6-4-2/h3-8H2,1-2H3,(H2,11,12)(H,13,14). The van der Waals surface area contributed by atoms with Crippen molar-refractivity contribution >= 4 is 33.5 Å². The van der Waals surface area contributed by atoms with E-state index in [0.717, 1.165) is 36.7 Å². The Kier molecular flexibility index (Phi) is 10.0. The summed E-state index contributed by atoms with van der Waals surface area (Å²) in [6.45, 7) is 6.01. The number of nitrogens with two attached hydrogens (primary N) is 1. The molecule has 0 aliphatic heterocycles. The molecule has 0 aromatic heterocycles. The normalized spacial score (nSPS) is 11.5. The molecule has 0 radical (unpaired) electrons. The topological polar surface area (TPSA) is 50.4 Å². The van der Waals surface area contributed by atoms with Crippen molar-refractivity contribution in [2.24, 2.45) is 10.7 Å². The van der Waals surface area contributed by atoms with Crippen molar-refractivity contribution in [1.29, 1.82) is 0 Å². The van der Waals surface area contributed by atoms with Crippen molar-refractivity contribution < 1.29 is 0 Å². The Morgan fingerprint density at radius 2 is 2.00 bits per heavy atom. The van der Waals surface area contributed by atoms with E-state index < -0.39 is 0 Å². The van der Waals surface area contributed by atoms with Crippen molar-refractivity contribution in [2.75, 3.05) is 13.1 Å². The molecule has 0 saturated carbocycles.